The van der Waals surface area contributed by atoms with Crippen molar-refractivity contribution in [1.29, 1.82) is 0 Å². The standard InChI is InChI=1S/C40H44N8O3/c1-27-12-14-32(38(50)43-33-16-17-34(29(3)23-33)39(51)48-21-19-47(6)20-22-48)24-31(27)15-13-30-25-41-40(42-26-30)45-37-28(2)9-7-10-35(37)44-36(49)11-8-18-46(4)5/h7-12,14,16-17,23-26H,18-22H2,1-6H3,(H,43,50)(H,44,49)(H,41,42,45). The smallest absolute Gasteiger partial charge is 0.255 e. The Hall–Kier alpha value is -5.83. The van der Waals surface area contributed by atoms with E-state index in [-0.39, 0.29) is 17.7 Å². The van der Waals surface area contributed by atoms with Crippen molar-refractivity contribution in [3.63, 3.8) is 0 Å². The molecule has 11 heteroatoms. The summed E-state index contributed by atoms with van der Waals surface area (Å²) >= 11 is 0. The van der Waals surface area contributed by atoms with Gasteiger partial charge in [0.2, 0.25) is 11.9 Å². The molecule has 51 heavy (non-hydrogen) atoms. The molecule has 0 aliphatic carbocycles. The Bertz CT molecular complexity index is 2000. The van der Waals surface area contributed by atoms with Crippen LogP contribution in [-0.4, -0.2) is 96.3 Å². The van der Waals surface area contributed by atoms with Crippen molar-refractivity contribution in [1.82, 2.24) is 24.7 Å². The summed E-state index contributed by atoms with van der Waals surface area (Å²) < 4.78 is 0. The van der Waals surface area contributed by atoms with E-state index in [1.54, 1.807) is 42.7 Å². The quantitative estimate of drug-likeness (QED) is 0.162. The third kappa shape index (κ3) is 9.88. The zero-order chi connectivity index (χ0) is 36.5. The molecule has 0 spiro atoms. The van der Waals surface area contributed by atoms with Crippen molar-refractivity contribution in [2.75, 3.05) is 69.8 Å². The Kier molecular flexibility index (Phi) is 11.9. The summed E-state index contributed by atoms with van der Waals surface area (Å²) in [6.07, 6.45) is 6.55. The molecule has 5 rings (SSSR count). The second kappa shape index (κ2) is 16.7. The lowest BCUT2D eigenvalue weighted by atomic mass is 10.0. The molecule has 0 atom stereocenters. The number of para-hydroxylation sites is 1. The van der Waals surface area contributed by atoms with Crippen molar-refractivity contribution in [2.45, 2.75) is 20.8 Å². The number of aromatic nitrogens is 2. The molecule has 0 bridgehead atoms. The van der Waals surface area contributed by atoms with Gasteiger partial charge in [-0.1, -0.05) is 36.1 Å². The van der Waals surface area contributed by atoms with Gasteiger partial charge in [-0.2, -0.15) is 0 Å². The van der Waals surface area contributed by atoms with E-state index < -0.39 is 0 Å². The number of anilines is 4. The number of amides is 3. The van der Waals surface area contributed by atoms with E-state index in [0.717, 1.165) is 29.8 Å². The number of likely N-dealkylation sites (N-methyl/N-ethyl adjacent to an activating group) is 2. The molecule has 3 N–H and O–H groups in total. The molecule has 0 radical (unpaired) electrons. The zero-order valence-corrected chi connectivity index (χ0v) is 30.0. The first-order valence-corrected chi connectivity index (χ1v) is 16.8. The van der Waals surface area contributed by atoms with Crippen LogP contribution in [0.25, 0.3) is 0 Å². The van der Waals surface area contributed by atoms with E-state index in [1.807, 2.05) is 75.0 Å². The van der Waals surface area contributed by atoms with Gasteiger partial charge in [-0.3, -0.25) is 14.4 Å². The SMILES string of the molecule is Cc1ccc(C(=O)Nc2ccc(C(=O)N3CCN(C)CC3)c(C)c2)cc1C#Cc1cnc(Nc2c(C)cccc2NC(=O)C=CCN(C)C)nc1. The van der Waals surface area contributed by atoms with Crippen LogP contribution in [0.2, 0.25) is 0 Å². The van der Waals surface area contributed by atoms with E-state index in [9.17, 15) is 14.4 Å². The Labute approximate surface area is 299 Å². The lowest BCUT2D eigenvalue weighted by Crippen LogP contribution is -2.47. The molecule has 4 aromatic rings. The molecule has 1 fully saturated rings. The molecule has 262 valence electrons. The van der Waals surface area contributed by atoms with Crippen LogP contribution in [0.1, 0.15) is 48.5 Å². The number of hydrogen-bond acceptors (Lipinski definition) is 8. The highest BCUT2D eigenvalue weighted by atomic mass is 16.2. The van der Waals surface area contributed by atoms with Gasteiger partial charge in [0.15, 0.2) is 0 Å². The van der Waals surface area contributed by atoms with Crippen LogP contribution in [0.3, 0.4) is 0 Å². The van der Waals surface area contributed by atoms with Crippen LogP contribution in [0, 0.1) is 32.6 Å². The second-order valence-corrected chi connectivity index (χ2v) is 12.9. The first kappa shape index (κ1) is 36.5. The van der Waals surface area contributed by atoms with Crippen LogP contribution in [0.5, 0.6) is 0 Å². The van der Waals surface area contributed by atoms with Gasteiger partial charge >= 0.3 is 0 Å². The molecule has 3 aromatic carbocycles. The third-order valence-electron chi connectivity index (χ3n) is 8.51. The minimum atomic E-state index is -0.272. The Morgan fingerprint density at radius 2 is 1.61 bits per heavy atom. The first-order chi connectivity index (χ1) is 24.5. The number of benzene rings is 3. The summed E-state index contributed by atoms with van der Waals surface area (Å²) in [5, 5.41) is 9.09. The summed E-state index contributed by atoms with van der Waals surface area (Å²) in [5.41, 5.74) is 6.98. The number of hydrogen-bond donors (Lipinski definition) is 3. The highest BCUT2D eigenvalue weighted by molar-refractivity contribution is 6.05. The van der Waals surface area contributed by atoms with E-state index in [0.29, 0.717) is 64.9 Å². The maximum Gasteiger partial charge on any atom is 0.255 e. The van der Waals surface area contributed by atoms with Gasteiger partial charge in [0, 0.05) is 73.6 Å². The molecule has 3 amide bonds. The Morgan fingerprint density at radius 3 is 2.31 bits per heavy atom. The van der Waals surface area contributed by atoms with E-state index in [4.69, 9.17) is 0 Å². The number of piperazine rings is 1. The van der Waals surface area contributed by atoms with Gasteiger partial charge in [-0.25, -0.2) is 9.97 Å². The Morgan fingerprint density at radius 1 is 0.863 bits per heavy atom. The van der Waals surface area contributed by atoms with E-state index >= 15 is 0 Å². The van der Waals surface area contributed by atoms with Crippen molar-refractivity contribution < 1.29 is 14.4 Å². The molecular formula is C40H44N8O3. The predicted octanol–water partition coefficient (Wildman–Crippen LogP) is 5.24. The first-order valence-electron chi connectivity index (χ1n) is 16.8. The van der Waals surface area contributed by atoms with Crippen molar-refractivity contribution in [3.05, 3.63) is 118 Å². The predicted molar refractivity (Wildman–Crippen MR) is 203 cm³/mol. The van der Waals surface area contributed by atoms with Gasteiger partial charge in [-0.15, -0.1) is 0 Å². The fraction of sp³-hybridized carbons (Fsp3) is 0.275. The minimum Gasteiger partial charge on any atom is -0.336 e. The van der Waals surface area contributed by atoms with Crippen molar-refractivity contribution in [2.24, 2.45) is 0 Å². The van der Waals surface area contributed by atoms with Gasteiger partial charge in [-0.05, 0) is 95.0 Å². The summed E-state index contributed by atoms with van der Waals surface area (Å²) in [5.74, 6) is 6.12. The maximum absolute atomic E-state index is 13.2. The minimum absolute atomic E-state index is 0.0157. The summed E-state index contributed by atoms with van der Waals surface area (Å²) in [7, 11) is 5.93. The molecule has 0 saturated carbocycles. The van der Waals surface area contributed by atoms with Gasteiger partial charge < -0.3 is 30.7 Å². The van der Waals surface area contributed by atoms with Gasteiger partial charge in [0.1, 0.15) is 0 Å². The molecular weight excluding hydrogens is 640 g/mol. The fourth-order valence-corrected chi connectivity index (χ4v) is 5.45. The largest absolute Gasteiger partial charge is 0.336 e. The average Bonchev–Trinajstić information content (AvgIpc) is 3.10. The Balaban J connectivity index is 1.23. The molecule has 11 nitrogen and oxygen atoms in total. The van der Waals surface area contributed by atoms with E-state index in [1.165, 1.54) is 6.08 Å². The van der Waals surface area contributed by atoms with Crippen LogP contribution in [-0.2, 0) is 4.79 Å². The number of aryl methyl sites for hydroxylation is 3. The molecule has 1 aliphatic rings. The summed E-state index contributed by atoms with van der Waals surface area (Å²) in [4.78, 5) is 53.7. The van der Waals surface area contributed by atoms with Crippen molar-refractivity contribution in [3.8, 4) is 11.8 Å². The monoisotopic (exact) mass is 684 g/mol. The molecule has 1 aromatic heterocycles. The molecule has 1 saturated heterocycles. The fourth-order valence-electron chi connectivity index (χ4n) is 5.45. The lowest BCUT2D eigenvalue weighted by Gasteiger charge is -2.32. The van der Waals surface area contributed by atoms with Crippen molar-refractivity contribution >= 4 is 40.7 Å². The normalized spacial score (nSPS) is 13.1. The zero-order valence-electron chi connectivity index (χ0n) is 30.0. The molecule has 0 unspecified atom stereocenters. The number of nitrogens with zero attached hydrogens (tertiary/aromatic N) is 5. The number of nitrogens with one attached hydrogen (secondary N) is 3. The second-order valence-electron chi connectivity index (χ2n) is 12.9. The van der Waals surface area contributed by atoms with Crippen LogP contribution in [0.4, 0.5) is 23.0 Å². The number of carbonyl (C=O) groups excluding carboxylic acids is 3. The number of rotatable bonds is 9. The lowest BCUT2D eigenvalue weighted by molar-refractivity contribution is -0.111. The van der Waals surface area contributed by atoms with Crippen LogP contribution >= 0.6 is 0 Å². The summed E-state index contributed by atoms with van der Waals surface area (Å²) in [6, 6.07) is 16.4. The molecule has 1 aliphatic heterocycles. The molecule has 2 heterocycles. The number of carbonyl (C=O) groups is 3. The summed E-state index contributed by atoms with van der Waals surface area (Å²) in [6.45, 7) is 9.53. The van der Waals surface area contributed by atoms with E-state index in [2.05, 4.69) is 49.7 Å². The third-order valence-corrected chi connectivity index (χ3v) is 8.51. The van der Waals surface area contributed by atoms with Crippen LogP contribution in [0.15, 0.2) is 79.1 Å². The highest BCUT2D eigenvalue weighted by Crippen LogP contribution is 2.28. The average molecular weight is 685 g/mol. The van der Waals surface area contributed by atoms with Gasteiger partial charge in [0.25, 0.3) is 11.8 Å². The maximum atomic E-state index is 13.2. The topological polar surface area (TPSA) is 123 Å². The highest BCUT2D eigenvalue weighted by Gasteiger charge is 2.22. The van der Waals surface area contributed by atoms with Crippen LogP contribution < -0.4 is 16.0 Å². The van der Waals surface area contributed by atoms with Gasteiger partial charge in [0.05, 0.1) is 16.9 Å².